The first-order chi connectivity index (χ1) is 7.09. The molecule has 2 aromatic carbocycles. The number of rotatable bonds is 0. The molecule has 0 amide bonds. The number of benzene rings is 2. The molecule has 0 heterocycles. The second kappa shape index (κ2) is 5.51. The highest BCUT2D eigenvalue weighted by molar-refractivity contribution is 6.30. The second-order valence-corrected chi connectivity index (χ2v) is 3.20. The molecule has 3 nitrogen and oxygen atoms in total. The van der Waals surface area contributed by atoms with E-state index in [1.54, 1.807) is 0 Å². The first-order valence-corrected chi connectivity index (χ1v) is 4.59. The summed E-state index contributed by atoms with van der Waals surface area (Å²) in [6.45, 7) is 2.12. The Labute approximate surface area is 88.8 Å². The zero-order chi connectivity index (χ0) is 11.3. The topological polar surface area (TPSA) is 60.7 Å². The molecule has 0 aromatic heterocycles. The first kappa shape index (κ1) is 11.7. The summed E-state index contributed by atoms with van der Waals surface area (Å²) >= 11 is 0. The molecular formula is C11H13BO3. The van der Waals surface area contributed by atoms with Gasteiger partial charge in [0.05, 0.1) is 0 Å². The van der Waals surface area contributed by atoms with Crippen molar-refractivity contribution in [2.24, 2.45) is 0 Å². The van der Waals surface area contributed by atoms with E-state index in [0.717, 1.165) is 0 Å². The van der Waals surface area contributed by atoms with Crippen LogP contribution in [0.25, 0.3) is 10.8 Å². The molecule has 0 spiro atoms. The first-order valence-electron chi connectivity index (χ1n) is 4.59. The van der Waals surface area contributed by atoms with Crippen molar-refractivity contribution >= 4 is 18.1 Å². The minimum Gasteiger partial charge on any atom is -0.402 e. The lowest BCUT2D eigenvalue weighted by molar-refractivity contribution is 0.278. The van der Waals surface area contributed by atoms with Crippen molar-refractivity contribution in [2.75, 3.05) is 0 Å². The normalized spacial score (nSPS) is 9.33. The fourth-order valence-corrected chi connectivity index (χ4v) is 1.31. The summed E-state index contributed by atoms with van der Waals surface area (Å²) in [4.78, 5) is 0. The van der Waals surface area contributed by atoms with Crippen LogP contribution in [0.3, 0.4) is 0 Å². The summed E-state index contributed by atoms with van der Waals surface area (Å²) in [5.41, 5.74) is 1.32. The van der Waals surface area contributed by atoms with Crippen LogP contribution in [-0.2, 0) is 0 Å². The summed E-state index contributed by atoms with van der Waals surface area (Å²) in [7, 11) is -2.17. The van der Waals surface area contributed by atoms with Crippen LogP contribution in [0.2, 0.25) is 0 Å². The van der Waals surface area contributed by atoms with Crippen molar-refractivity contribution in [3.05, 3.63) is 48.0 Å². The summed E-state index contributed by atoms with van der Waals surface area (Å²) in [6, 6.07) is 14.9. The minimum absolute atomic E-state index is 1.32. The second-order valence-electron chi connectivity index (χ2n) is 3.20. The van der Waals surface area contributed by atoms with Crippen LogP contribution in [0.15, 0.2) is 42.5 Å². The van der Waals surface area contributed by atoms with Gasteiger partial charge in [0.1, 0.15) is 0 Å². The summed E-state index contributed by atoms with van der Waals surface area (Å²) < 4.78 is 0. The van der Waals surface area contributed by atoms with Gasteiger partial charge in [0.15, 0.2) is 0 Å². The largest absolute Gasteiger partial charge is 0.631 e. The van der Waals surface area contributed by atoms with Gasteiger partial charge in [-0.05, 0) is 17.7 Å². The molecule has 78 valence electrons. The van der Waals surface area contributed by atoms with E-state index in [0.29, 0.717) is 0 Å². The van der Waals surface area contributed by atoms with Gasteiger partial charge in [0, 0.05) is 0 Å². The number of aryl methyl sites for hydroxylation is 1. The maximum atomic E-state index is 7.17. The van der Waals surface area contributed by atoms with Gasteiger partial charge in [0.2, 0.25) is 0 Å². The molecule has 0 radical (unpaired) electrons. The fraction of sp³-hybridized carbons (Fsp3) is 0.0909. The molecule has 0 bridgehead atoms. The molecule has 0 aliphatic carbocycles. The third kappa shape index (κ3) is 4.12. The van der Waals surface area contributed by atoms with E-state index >= 15 is 0 Å². The molecule has 0 saturated carbocycles. The van der Waals surface area contributed by atoms with Crippen molar-refractivity contribution in [1.29, 1.82) is 0 Å². The third-order valence-electron chi connectivity index (χ3n) is 1.90. The van der Waals surface area contributed by atoms with Crippen molar-refractivity contribution in [3.8, 4) is 0 Å². The summed E-state index contributed by atoms with van der Waals surface area (Å²) in [6.07, 6.45) is 0. The fourth-order valence-electron chi connectivity index (χ4n) is 1.31. The van der Waals surface area contributed by atoms with E-state index in [1.807, 2.05) is 0 Å². The van der Waals surface area contributed by atoms with E-state index in [4.69, 9.17) is 15.1 Å². The van der Waals surface area contributed by atoms with Crippen molar-refractivity contribution in [3.63, 3.8) is 0 Å². The lowest BCUT2D eigenvalue weighted by Gasteiger charge is -1.96. The highest BCUT2D eigenvalue weighted by atomic mass is 16.5. The van der Waals surface area contributed by atoms with Gasteiger partial charge in [-0.1, -0.05) is 48.0 Å². The molecule has 0 unspecified atom stereocenters. The van der Waals surface area contributed by atoms with Crippen molar-refractivity contribution < 1.29 is 15.1 Å². The predicted octanol–water partition coefficient (Wildman–Crippen LogP) is 1.10. The van der Waals surface area contributed by atoms with E-state index in [1.165, 1.54) is 16.3 Å². The Hall–Kier alpha value is -1.36. The van der Waals surface area contributed by atoms with Gasteiger partial charge in [-0.15, -0.1) is 0 Å². The molecule has 0 fully saturated rings. The highest BCUT2D eigenvalue weighted by Gasteiger charge is 1.92. The zero-order valence-electron chi connectivity index (χ0n) is 8.46. The van der Waals surface area contributed by atoms with Crippen LogP contribution in [-0.4, -0.2) is 22.4 Å². The molecular weight excluding hydrogens is 191 g/mol. The van der Waals surface area contributed by atoms with E-state index in [2.05, 4.69) is 49.4 Å². The zero-order valence-corrected chi connectivity index (χ0v) is 8.46. The van der Waals surface area contributed by atoms with Crippen molar-refractivity contribution in [2.45, 2.75) is 6.92 Å². The van der Waals surface area contributed by atoms with Crippen LogP contribution in [0.1, 0.15) is 5.56 Å². The SMILES string of the molecule is Cc1ccc2ccccc2c1.OB(O)O. The monoisotopic (exact) mass is 204 g/mol. The Balaban J connectivity index is 0.000000245. The maximum Gasteiger partial charge on any atom is 0.631 e. The average Bonchev–Trinajstić information content (AvgIpc) is 2.16. The lowest BCUT2D eigenvalue weighted by atomic mass is 10.1. The molecule has 0 aliphatic rings. The van der Waals surface area contributed by atoms with E-state index in [9.17, 15) is 0 Å². The summed E-state index contributed by atoms with van der Waals surface area (Å²) in [5, 5.41) is 24.1. The van der Waals surface area contributed by atoms with Gasteiger partial charge >= 0.3 is 7.32 Å². The van der Waals surface area contributed by atoms with Crippen LogP contribution < -0.4 is 0 Å². The molecule has 0 atom stereocenters. The van der Waals surface area contributed by atoms with Crippen molar-refractivity contribution in [1.82, 2.24) is 0 Å². The average molecular weight is 204 g/mol. The number of fused-ring (bicyclic) bond motifs is 1. The Kier molecular flexibility index (Phi) is 4.30. The summed E-state index contributed by atoms with van der Waals surface area (Å²) in [5.74, 6) is 0. The Bertz CT molecular complexity index is 426. The molecule has 0 aliphatic heterocycles. The van der Waals surface area contributed by atoms with Gasteiger partial charge in [-0.2, -0.15) is 0 Å². The van der Waals surface area contributed by atoms with Crippen LogP contribution in [0.4, 0.5) is 0 Å². The predicted molar refractivity (Wildman–Crippen MR) is 61.1 cm³/mol. The quantitative estimate of drug-likeness (QED) is 0.563. The number of hydrogen-bond donors (Lipinski definition) is 3. The van der Waals surface area contributed by atoms with Crippen LogP contribution in [0, 0.1) is 6.92 Å². The van der Waals surface area contributed by atoms with Gasteiger partial charge in [0.25, 0.3) is 0 Å². The van der Waals surface area contributed by atoms with Gasteiger partial charge in [-0.3, -0.25) is 0 Å². The molecule has 2 rings (SSSR count). The smallest absolute Gasteiger partial charge is 0.402 e. The molecule has 2 aromatic rings. The van der Waals surface area contributed by atoms with Gasteiger partial charge < -0.3 is 15.1 Å². The Morgan fingerprint density at radius 2 is 1.40 bits per heavy atom. The van der Waals surface area contributed by atoms with E-state index in [-0.39, 0.29) is 0 Å². The standard InChI is InChI=1S/C11H10.BH3O3/c1-9-6-7-10-4-2-3-5-11(10)8-9;2-1(3)4/h2-8H,1H3;2-4H. The Morgan fingerprint density at radius 3 is 2.00 bits per heavy atom. The van der Waals surface area contributed by atoms with Crippen LogP contribution in [0.5, 0.6) is 0 Å². The Morgan fingerprint density at radius 1 is 0.867 bits per heavy atom. The van der Waals surface area contributed by atoms with E-state index < -0.39 is 7.32 Å². The lowest BCUT2D eigenvalue weighted by Crippen LogP contribution is -2.07. The molecule has 0 saturated heterocycles. The molecule has 15 heavy (non-hydrogen) atoms. The number of hydrogen-bond acceptors (Lipinski definition) is 3. The minimum atomic E-state index is -2.17. The molecule has 4 heteroatoms. The third-order valence-corrected chi connectivity index (χ3v) is 1.90. The maximum absolute atomic E-state index is 7.17. The highest BCUT2D eigenvalue weighted by Crippen LogP contribution is 2.14. The van der Waals surface area contributed by atoms with Crippen LogP contribution >= 0.6 is 0 Å². The molecule has 3 N–H and O–H groups in total. The van der Waals surface area contributed by atoms with Gasteiger partial charge in [-0.25, -0.2) is 0 Å².